The van der Waals surface area contributed by atoms with E-state index in [4.69, 9.17) is 24.0 Å². The molecule has 13 heteroatoms. The van der Waals surface area contributed by atoms with Gasteiger partial charge < -0.3 is 25.2 Å². The molecule has 0 amide bonds. The Balaban J connectivity index is 1.47. The molecule has 29 heavy (non-hydrogen) atoms. The van der Waals surface area contributed by atoms with E-state index in [1.165, 1.54) is 0 Å². The Labute approximate surface area is 163 Å². The van der Waals surface area contributed by atoms with Crippen LogP contribution in [0, 0.1) is 5.95 Å². The van der Waals surface area contributed by atoms with Crippen LogP contribution >= 0.6 is 7.82 Å². The maximum absolute atomic E-state index is 14.1. The van der Waals surface area contributed by atoms with Crippen molar-refractivity contribution in [3.05, 3.63) is 52.3 Å². The van der Waals surface area contributed by atoms with E-state index in [0.29, 0.717) is 15.9 Å². The molecule has 0 saturated carbocycles. The number of benzene rings is 1. The number of phosphoric ester groups is 1. The largest absolute Gasteiger partial charge is 0.530 e. The van der Waals surface area contributed by atoms with Gasteiger partial charge in [0.15, 0.2) is 6.23 Å². The van der Waals surface area contributed by atoms with Crippen molar-refractivity contribution in [2.75, 3.05) is 12.3 Å². The van der Waals surface area contributed by atoms with E-state index in [1.807, 2.05) is 0 Å². The van der Waals surface area contributed by atoms with Gasteiger partial charge in [0.25, 0.3) is 0 Å². The summed E-state index contributed by atoms with van der Waals surface area (Å²) < 4.78 is 48.2. The van der Waals surface area contributed by atoms with Crippen LogP contribution in [0.4, 0.5) is 10.2 Å². The van der Waals surface area contributed by atoms with Crippen LogP contribution in [0.3, 0.4) is 0 Å². The van der Waals surface area contributed by atoms with E-state index in [0.717, 1.165) is 6.07 Å². The third-order valence-corrected chi connectivity index (χ3v) is 5.81. The minimum Gasteiger partial charge on any atom is -0.404 e. The van der Waals surface area contributed by atoms with Crippen LogP contribution < -0.4 is 15.9 Å². The highest BCUT2D eigenvalue weighted by Crippen LogP contribution is 2.54. The number of fused-ring (bicyclic) bond motifs is 1. The van der Waals surface area contributed by atoms with Gasteiger partial charge in [-0.2, -0.15) is 9.37 Å². The molecule has 5 atom stereocenters. The molecule has 1 saturated heterocycles. The molecule has 4 N–H and O–H groups in total. The molecule has 4 rings (SSSR count). The van der Waals surface area contributed by atoms with Crippen molar-refractivity contribution in [2.45, 2.75) is 31.1 Å². The second-order valence-electron chi connectivity index (χ2n) is 6.42. The average Bonchev–Trinajstić information content (AvgIpc) is 2.94. The summed E-state index contributed by atoms with van der Waals surface area (Å²) in [6.07, 6.45) is -6.10. The summed E-state index contributed by atoms with van der Waals surface area (Å²) in [5.74, 6) is -1.13. The Hall–Kier alpha value is -2.34. The average molecular weight is 429 g/mol. The van der Waals surface area contributed by atoms with Gasteiger partial charge >= 0.3 is 13.5 Å². The lowest BCUT2D eigenvalue weighted by Gasteiger charge is -2.25. The van der Waals surface area contributed by atoms with Crippen molar-refractivity contribution in [3.63, 3.8) is 0 Å². The molecule has 0 radical (unpaired) electrons. The summed E-state index contributed by atoms with van der Waals surface area (Å²) in [7, 11) is -4.01. The highest BCUT2D eigenvalue weighted by molar-refractivity contribution is 7.49. The number of nitrogen functional groups attached to an aromatic ring is 1. The molecule has 0 spiro atoms. The molecule has 2 aliphatic heterocycles. The number of aromatic nitrogens is 2. The van der Waals surface area contributed by atoms with Gasteiger partial charge in [-0.3, -0.25) is 9.05 Å². The quantitative estimate of drug-likeness (QED) is 0.457. The predicted octanol–water partition coefficient (Wildman–Crippen LogP) is 0.318. The fraction of sp³-hybridized carbons (Fsp3) is 0.375. The second-order valence-corrected chi connectivity index (χ2v) is 8.01. The highest BCUT2D eigenvalue weighted by Gasteiger charge is 2.47. The first-order chi connectivity index (χ1) is 13.8. The maximum Gasteiger partial charge on any atom is 0.530 e. The minimum atomic E-state index is -4.01. The zero-order valence-electron chi connectivity index (χ0n) is 14.8. The number of nitrogens with zero attached hydrogens (tertiary/aromatic N) is 2. The zero-order valence-corrected chi connectivity index (χ0v) is 15.6. The molecular formula is C16H17FN3O8P. The number of hydrogen-bond donors (Lipinski definition) is 3. The van der Waals surface area contributed by atoms with Gasteiger partial charge in [-0.25, -0.2) is 13.9 Å². The maximum atomic E-state index is 14.1. The summed E-state index contributed by atoms with van der Waals surface area (Å²) in [4.78, 5) is 15.3. The van der Waals surface area contributed by atoms with E-state index >= 15 is 0 Å². The summed E-state index contributed by atoms with van der Waals surface area (Å²) in [5.41, 5.74) is 4.87. The van der Waals surface area contributed by atoms with Gasteiger partial charge in [-0.1, -0.05) is 18.2 Å². The smallest absolute Gasteiger partial charge is 0.404 e. The van der Waals surface area contributed by atoms with Crippen molar-refractivity contribution in [1.29, 1.82) is 0 Å². The molecule has 11 nitrogen and oxygen atoms in total. The Bertz CT molecular complexity index is 1030. The number of aliphatic hydroxyl groups is 2. The van der Waals surface area contributed by atoms with E-state index in [9.17, 15) is 24.0 Å². The number of phosphoric acid groups is 1. The van der Waals surface area contributed by atoms with Crippen LogP contribution in [-0.2, 0) is 25.0 Å². The number of rotatable bonds is 4. The normalized spacial score (nSPS) is 31.3. The first kappa shape index (κ1) is 20.0. The zero-order chi connectivity index (χ0) is 20.8. The monoisotopic (exact) mass is 429 g/mol. The van der Waals surface area contributed by atoms with Gasteiger partial charge in [0, 0.05) is 11.6 Å². The number of halogens is 1. The van der Waals surface area contributed by atoms with Gasteiger partial charge in [0.1, 0.15) is 29.9 Å². The molecule has 156 valence electrons. The molecule has 2 aliphatic rings. The van der Waals surface area contributed by atoms with Crippen molar-refractivity contribution in [2.24, 2.45) is 0 Å². The lowest BCUT2D eigenvalue weighted by Crippen LogP contribution is -2.37. The number of para-hydroxylation sites is 1. The molecule has 0 bridgehead atoms. The Morgan fingerprint density at radius 1 is 1.34 bits per heavy atom. The Kier molecular flexibility index (Phi) is 5.15. The van der Waals surface area contributed by atoms with Crippen LogP contribution in [0.5, 0.6) is 5.75 Å². The molecule has 1 aromatic heterocycles. The Morgan fingerprint density at radius 3 is 2.86 bits per heavy atom. The predicted molar refractivity (Wildman–Crippen MR) is 94.2 cm³/mol. The first-order valence-electron chi connectivity index (χ1n) is 8.50. The van der Waals surface area contributed by atoms with E-state index < -0.39 is 50.6 Å². The fourth-order valence-electron chi connectivity index (χ4n) is 3.03. The number of anilines is 1. The van der Waals surface area contributed by atoms with Crippen LogP contribution in [0.2, 0.25) is 0 Å². The molecular weight excluding hydrogens is 412 g/mol. The minimum absolute atomic E-state index is 0.00943. The molecule has 1 aromatic carbocycles. The summed E-state index contributed by atoms with van der Waals surface area (Å²) >= 11 is 0. The molecule has 2 aromatic rings. The summed E-state index contributed by atoms with van der Waals surface area (Å²) in [5, 5.41) is 20.4. The molecule has 0 aliphatic carbocycles. The topological polar surface area (TPSA) is 155 Å². The van der Waals surface area contributed by atoms with Crippen molar-refractivity contribution in [1.82, 2.24) is 9.55 Å². The second kappa shape index (κ2) is 7.48. The standard InChI is InChI=1S/C16H17FN3O8P/c17-11-5-12(18)19-16(23)20(11)15-14(22)13(21)10(27-15)7-26-29(24)25-6-8-3-1-2-4-9(8)28-29/h1-5,10,13-15,21-22H,6-7H2,(H2,18,19,23)/t10-,13-,14-,15-,29?/m1/s1. The molecule has 1 unspecified atom stereocenters. The van der Waals surface area contributed by atoms with Gasteiger partial charge in [0.2, 0.25) is 5.95 Å². The van der Waals surface area contributed by atoms with Crippen LogP contribution in [0.1, 0.15) is 11.8 Å². The summed E-state index contributed by atoms with van der Waals surface area (Å²) in [6, 6.07) is 7.55. The SMILES string of the molecule is Nc1cc(F)n([C@@H]2O[C@H](COP3(=O)OCc4ccccc4O3)[C@@H](O)[C@H]2O)c(=O)n1. The Morgan fingerprint density at radius 2 is 2.10 bits per heavy atom. The van der Waals surface area contributed by atoms with Crippen LogP contribution in [-0.4, -0.2) is 44.7 Å². The third kappa shape index (κ3) is 3.78. The highest BCUT2D eigenvalue weighted by atomic mass is 31.2. The van der Waals surface area contributed by atoms with Crippen LogP contribution in [0.15, 0.2) is 35.1 Å². The third-order valence-electron chi connectivity index (χ3n) is 4.48. The lowest BCUT2D eigenvalue weighted by atomic mass is 10.1. The van der Waals surface area contributed by atoms with Crippen molar-refractivity contribution in [3.8, 4) is 5.75 Å². The molecule has 1 fully saturated rings. The van der Waals surface area contributed by atoms with Crippen LogP contribution in [0.25, 0.3) is 0 Å². The number of ether oxygens (including phenoxy) is 1. The molecule has 3 heterocycles. The van der Waals surface area contributed by atoms with E-state index in [1.54, 1.807) is 24.3 Å². The van der Waals surface area contributed by atoms with Gasteiger partial charge in [-0.15, -0.1) is 0 Å². The number of nitrogens with two attached hydrogens (primary N) is 1. The lowest BCUT2D eigenvalue weighted by molar-refractivity contribution is -0.0602. The summed E-state index contributed by atoms with van der Waals surface area (Å²) in [6.45, 7) is -0.530. The van der Waals surface area contributed by atoms with E-state index in [-0.39, 0.29) is 12.4 Å². The van der Waals surface area contributed by atoms with Crippen molar-refractivity contribution >= 4 is 13.6 Å². The fourth-order valence-corrected chi connectivity index (χ4v) is 4.25. The van der Waals surface area contributed by atoms with E-state index in [2.05, 4.69) is 4.98 Å². The van der Waals surface area contributed by atoms with Gasteiger partial charge in [0.05, 0.1) is 13.2 Å². The van der Waals surface area contributed by atoms with Gasteiger partial charge in [-0.05, 0) is 6.07 Å². The number of aliphatic hydroxyl groups excluding tert-OH is 2. The van der Waals surface area contributed by atoms with Crippen molar-refractivity contribution < 1.29 is 37.5 Å². The first-order valence-corrected chi connectivity index (χ1v) is 9.96. The number of hydrogen-bond acceptors (Lipinski definition) is 10.